The number of carbonyl (C=O) groups is 1. The third-order valence-electron chi connectivity index (χ3n) is 8.76. The van der Waals surface area contributed by atoms with E-state index in [1.165, 1.54) is 18.3 Å². The van der Waals surface area contributed by atoms with Gasteiger partial charge in [0.15, 0.2) is 0 Å². The molecule has 0 bridgehead atoms. The van der Waals surface area contributed by atoms with Gasteiger partial charge in [0.1, 0.15) is 30.3 Å². The van der Waals surface area contributed by atoms with Crippen molar-refractivity contribution in [1.29, 1.82) is 0 Å². The van der Waals surface area contributed by atoms with Gasteiger partial charge in [-0.2, -0.15) is 0 Å². The number of nitrogens with one attached hydrogen (secondary N) is 1. The molecule has 1 aliphatic heterocycles. The Kier molecular flexibility index (Phi) is 9.33. The molecule has 11 heteroatoms. The van der Waals surface area contributed by atoms with E-state index in [0.29, 0.717) is 67.3 Å². The highest BCUT2D eigenvalue weighted by Crippen LogP contribution is 2.41. The average Bonchev–Trinajstić information content (AvgIpc) is 3.00. The van der Waals surface area contributed by atoms with Crippen LogP contribution in [-0.2, 0) is 19.9 Å². The summed E-state index contributed by atoms with van der Waals surface area (Å²) in [6.07, 6.45) is 3.17. The second-order valence-corrected chi connectivity index (χ2v) is 12.2. The Morgan fingerprint density at radius 3 is 2.53 bits per heavy atom. The van der Waals surface area contributed by atoms with Crippen molar-refractivity contribution in [2.45, 2.75) is 51.6 Å². The molecule has 1 atom stereocenters. The van der Waals surface area contributed by atoms with Gasteiger partial charge in [-0.25, -0.2) is 18.7 Å². The Morgan fingerprint density at radius 1 is 1.12 bits per heavy atom. The summed E-state index contributed by atoms with van der Waals surface area (Å²) in [5, 5.41) is 14.6. The van der Waals surface area contributed by atoms with Gasteiger partial charge < -0.3 is 19.9 Å². The number of aryl methyl sites for hydroxylation is 1. The van der Waals surface area contributed by atoms with Crippen molar-refractivity contribution in [2.24, 2.45) is 11.8 Å². The number of pyridine rings is 3. The first kappa shape index (κ1) is 30.9. The van der Waals surface area contributed by atoms with Crippen molar-refractivity contribution in [3.63, 3.8) is 0 Å². The number of nitrogens with zero attached hydrogens (tertiary/aromatic N) is 4. The predicted octanol–water partition coefficient (Wildman–Crippen LogP) is 5.52. The number of halogens is 2. The first-order chi connectivity index (χ1) is 20.5. The average molecular weight is 597 g/mol. The number of esters is 1. The van der Waals surface area contributed by atoms with Crippen LogP contribution in [0.25, 0.3) is 11.3 Å². The third-order valence-corrected chi connectivity index (χ3v) is 8.76. The first-order valence-corrected chi connectivity index (χ1v) is 14.8. The van der Waals surface area contributed by atoms with Gasteiger partial charge in [-0.05, 0) is 87.4 Å². The fourth-order valence-electron chi connectivity index (χ4n) is 5.86. The van der Waals surface area contributed by atoms with Gasteiger partial charge in [-0.3, -0.25) is 14.3 Å². The zero-order valence-electron chi connectivity index (χ0n) is 24.9. The van der Waals surface area contributed by atoms with E-state index in [4.69, 9.17) is 9.47 Å². The molecule has 3 aromatic rings. The number of aliphatic hydroxyl groups is 1. The van der Waals surface area contributed by atoms with Crippen LogP contribution < -0.4 is 5.32 Å². The minimum atomic E-state index is -2.59. The molecule has 2 aliphatic rings. The van der Waals surface area contributed by atoms with Crippen molar-refractivity contribution < 1.29 is 32.6 Å². The number of aromatic nitrogens is 3. The number of morpholine rings is 1. The Hall–Kier alpha value is -3.54. The number of hydrogen-bond acceptors (Lipinski definition) is 8. The SMILES string of the molecule is Cc1cc(Nc2cc(C(F)F)ccn2)nc(-c2ccc(C(C)(O)C3CCC(C(=O)OC[N+]4(C)CCOCC4)CC3)nc2)c1. The Labute approximate surface area is 250 Å². The van der Waals surface area contributed by atoms with E-state index in [1.54, 1.807) is 13.1 Å². The topological polar surface area (TPSA) is 106 Å². The largest absolute Gasteiger partial charge is 0.415 e. The molecule has 5 rings (SSSR count). The van der Waals surface area contributed by atoms with Gasteiger partial charge in [0.05, 0.1) is 37.6 Å². The van der Waals surface area contributed by atoms with Crippen LogP contribution in [0.2, 0.25) is 0 Å². The lowest BCUT2D eigenvalue weighted by Crippen LogP contribution is -2.53. The Balaban J connectivity index is 1.20. The zero-order valence-corrected chi connectivity index (χ0v) is 24.9. The number of hydrogen-bond donors (Lipinski definition) is 2. The maximum Gasteiger partial charge on any atom is 0.313 e. The van der Waals surface area contributed by atoms with Crippen LogP contribution in [0.4, 0.5) is 20.4 Å². The number of carbonyl (C=O) groups excluding carboxylic acids is 1. The van der Waals surface area contributed by atoms with Crippen LogP contribution in [0.5, 0.6) is 0 Å². The monoisotopic (exact) mass is 596 g/mol. The van der Waals surface area contributed by atoms with E-state index in [-0.39, 0.29) is 29.2 Å². The maximum absolute atomic E-state index is 13.1. The van der Waals surface area contributed by atoms with E-state index < -0.39 is 12.0 Å². The van der Waals surface area contributed by atoms with Gasteiger partial charge in [0.2, 0.25) is 6.73 Å². The molecule has 1 unspecified atom stereocenters. The molecular weight excluding hydrogens is 556 g/mol. The molecule has 4 heterocycles. The molecule has 9 nitrogen and oxygen atoms in total. The molecule has 0 radical (unpaired) electrons. The summed E-state index contributed by atoms with van der Waals surface area (Å²) < 4.78 is 38.0. The summed E-state index contributed by atoms with van der Waals surface area (Å²) in [4.78, 5) is 26.2. The predicted molar refractivity (Wildman–Crippen MR) is 157 cm³/mol. The summed E-state index contributed by atoms with van der Waals surface area (Å²) in [5.41, 5.74) is 1.61. The van der Waals surface area contributed by atoms with Gasteiger partial charge in [-0.1, -0.05) is 0 Å². The molecule has 0 spiro atoms. The molecule has 1 saturated heterocycles. The molecule has 2 fully saturated rings. The Morgan fingerprint density at radius 2 is 1.86 bits per heavy atom. The molecule has 230 valence electrons. The van der Waals surface area contributed by atoms with Gasteiger partial charge in [0.25, 0.3) is 6.43 Å². The van der Waals surface area contributed by atoms with Crippen molar-refractivity contribution in [2.75, 3.05) is 45.4 Å². The number of alkyl halides is 2. The molecule has 2 N–H and O–H groups in total. The molecule has 1 aliphatic carbocycles. The van der Waals surface area contributed by atoms with Crippen LogP contribution in [0.3, 0.4) is 0 Å². The number of likely N-dealkylation sites (N-methyl/N-ethyl adjacent to an activating group) is 1. The van der Waals surface area contributed by atoms with Crippen LogP contribution in [-0.4, -0.2) is 70.6 Å². The van der Waals surface area contributed by atoms with Crippen LogP contribution in [0, 0.1) is 18.8 Å². The van der Waals surface area contributed by atoms with Gasteiger partial charge in [-0.15, -0.1) is 0 Å². The lowest BCUT2D eigenvalue weighted by atomic mass is 9.73. The normalized spacial score (nSPS) is 21.7. The number of rotatable bonds is 9. The van der Waals surface area contributed by atoms with Gasteiger partial charge in [0, 0.05) is 23.5 Å². The lowest BCUT2D eigenvalue weighted by Gasteiger charge is -2.38. The van der Waals surface area contributed by atoms with Crippen molar-refractivity contribution >= 4 is 17.6 Å². The summed E-state index contributed by atoms with van der Waals surface area (Å²) in [6.45, 7) is 7.11. The highest BCUT2D eigenvalue weighted by Gasteiger charge is 2.40. The first-order valence-electron chi connectivity index (χ1n) is 14.8. The van der Waals surface area contributed by atoms with E-state index in [9.17, 15) is 18.7 Å². The quantitative estimate of drug-likeness (QED) is 0.246. The summed E-state index contributed by atoms with van der Waals surface area (Å²) in [7, 11) is 2.09. The van der Waals surface area contributed by atoms with Crippen LogP contribution >= 0.6 is 0 Å². The number of anilines is 2. The maximum atomic E-state index is 13.1. The smallest absolute Gasteiger partial charge is 0.313 e. The molecule has 1 saturated carbocycles. The van der Waals surface area contributed by atoms with Crippen LogP contribution in [0.15, 0.2) is 48.8 Å². The molecule has 0 aromatic carbocycles. The highest BCUT2D eigenvalue weighted by atomic mass is 19.3. The molecule has 3 aromatic heterocycles. The van der Waals surface area contributed by atoms with E-state index in [2.05, 4.69) is 27.3 Å². The lowest BCUT2D eigenvalue weighted by molar-refractivity contribution is -0.932. The standard InChI is InChI=1S/C32H40F2N5O4/c1-21-16-26(37-29(17-21)38-28-18-23(30(33)34)10-11-35-28)24-6-9-27(36-19-24)32(2,41)25-7-4-22(5-8-25)31(40)43-20-39(3)12-14-42-15-13-39/h6,9-11,16-19,22,25,30,41H,4-5,7-8,12-15,20H2,1-3H3,(H,35,37,38)/q+1. The van der Waals surface area contributed by atoms with E-state index in [0.717, 1.165) is 24.2 Å². The minimum Gasteiger partial charge on any atom is -0.415 e. The van der Waals surface area contributed by atoms with Gasteiger partial charge >= 0.3 is 5.97 Å². The minimum absolute atomic E-state index is 0.0388. The summed E-state index contributed by atoms with van der Waals surface area (Å²) >= 11 is 0. The molecule has 43 heavy (non-hydrogen) atoms. The number of quaternary nitrogens is 1. The summed E-state index contributed by atoms with van der Waals surface area (Å²) in [5.74, 6) is 0.410. The summed E-state index contributed by atoms with van der Waals surface area (Å²) in [6, 6.07) is 9.98. The van der Waals surface area contributed by atoms with Crippen LogP contribution in [0.1, 0.15) is 55.9 Å². The van der Waals surface area contributed by atoms with E-state index >= 15 is 0 Å². The fourth-order valence-corrected chi connectivity index (χ4v) is 5.86. The fraction of sp³-hybridized carbons (Fsp3) is 0.500. The highest BCUT2D eigenvalue weighted by molar-refractivity contribution is 5.72. The Bertz CT molecular complexity index is 1410. The second-order valence-electron chi connectivity index (χ2n) is 12.2. The van der Waals surface area contributed by atoms with Crippen molar-refractivity contribution in [3.05, 3.63) is 65.6 Å². The van der Waals surface area contributed by atoms with E-state index in [1.807, 2.05) is 31.2 Å². The molecular formula is C32H40F2N5O4+. The van der Waals surface area contributed by atoms with Crippen molar-refractivity contribution in [3.8, 4) is 11.3 Å². The third kappa shape index (κ3) is 7.52. The second kappa shape index (κ2) is 13.0. The number of ether oxygens (including phenoxy) is 2. The zero-order chi connectivity index (χ0) is 30.6. The molecule has 0 amide bonds. The van der Waals surface area contributed by atoms with Crippen molar-refractivity contribution in [1.82, 2.24) is 15.0 Å².